The standard InChI is InChI=1S/C16H13NO/c17-10-11-5-7-12(8-6-11)16-14-4-2-1-3-13(14)9-15(16)18/h1-8,15-16,18H,9H2/t15-,16-/m1/s1. The summed E-state index contributed by atoms with van der Waals surface area (Å²) in [5.41, 5.74) is 4.15. The zero-order valence-corrected chi connectivity index (χ0v) is 9.88. The molecule has 0 unspecified atom stereocenters. The molecule has 0 bridgehead atoms. The topological polar surface area (TPSA) is 44.0 Å². The molecule has 1 aliphatic carbocycles. The molecule has 0 fully saturated rings. The Morgan fingerprint density at radius 2 is 1.78 bits per heavy atom. The van der Waals surface area contributed by atoms with Crippen molar-refractivity contribution in [3.05, 3.63) is 70.8 Å². The van der Waals surface area contributed by atoms with Gasteiger partial charge in [-0.2, -0.15) is 5.26 Å². The molecule has 0 radical (unpaired) electrons. The van der Waals surface area contributed by atoms with Crippen molar-refractivity contribution in [2.24, 2.45) is 0 Å². The fourth-order valence-corrected chi connectivity index (χ4v) is 2.74. The Labute approximate surface area is 106 Å². The van der Waals surface area contributed by atoms with Gasteiger partial charge in [0.15, 0.2) is 0 Å². The third-order valence-electron chi connectivity index (χ3n) is 3.60. The summed E-state index contributed by atoms with van der Waals surface area (Å²) >= 11 is 0. The van der Waals surface area contributed by atoms with E-state index in [4.69, 9.17) is 5.26 Å². The second-order valence-electron chi connectivity index (χ2n) is 4.68. The van der Waals surface area contributed by atoms with Gasteiger partial charge in [0, 0.05) is 5.92 Å². The summed E-state index contributed by atoms with van der Waals surface area (Å²) in [6.45, 7) is 0. The molecule has 1 N–H and O–H groups in total. The van der Waals surface area contributed by atoms with Crippen molar-refractivity contribution in [2.45, 2.75) is 18.4 Å². The van der Waals surface area contributed by atoms with E-state index in [0.29, 0.717) is 12.0 Å². The first kappa shape index (κ1) is 11.0. The van der Waals surface area contributed by atoms with Gasteiger partial charge in [0.05, 0.1) is 17.7 Å². The summed E-state index contributed by atoms with van der Waals surface area (Å²) in [6, 6.07) is 17.8. The Balaban J connectivity index is 2.04. The lowest BCUT2D eigenvalue weighted by atomic mass is 9.91. The molecule has 0 amide bonds. The third-order valence-corrected chi connectivity index (χ3v) is 3.60. The highest BCUT2D eigenvalue weighted by molar-refractivity contribution is 5.45. The predicted molar refractivity (Wildman–Crippen MR) is 69.2 cm³/mol. The van der Waals surface area contributed by atoms with Crippen LogP contribution in [0.25, 0.3) is 0 Å². The molecule has 2 aromatic rings. The summed E-state index contributed by atoms with van der Waals surface area (Å²) in [4.78, 5) is 0. The molecule has 88 valence electrons. The van der Waals surface area contributed by atoms with Crippen LogP contribution in [0.4, 0.5) is 0 Å². The van der Waals surface area contributed by atoms with Crippen molar-refractivity contribution in [1.29, 1.82) is 5.26 Å². The van der Waals surface area contributed by atoms with Crippen LogP contribution >= 0.6 is 0 Å². The number of nitriles is 1. The minimum absolute atomic E-state index is 0.0361. The van der Waals surface area contributed by atoms with Gasteiger partial charge >= 0.3 is 0 Å². The molecule has 2 aromatic carbocycles. The Kier molecular flexibility index (Phi) is 2.62. The molecule has 18 heavy (non-hydrogen) atoms. The summed E-state index contributed by atoms with van der Waals surface area (Å²) in [6.07, 6.45) is 0.344. The minimum Gasteiger partial charge on any atom is -0.392 e. The molecule has 0 spiro atoms. The number of hydrogen-bond acceptors (Lipinski definition) is 2. The summed E-state index contributed by atoms with van der Waals surface area (Å²) < 4.78 is 0. The highest BCUT2D eigenvalue weighted by Gasteiger charge is 2.31. The molecule has 0 aliphatic heterocycles. The number of aliphatic hydroxyl groups is 1. The zero-order chi connectivity index (χ0) is 12.5. The van der Waals surface area contributed by atoms with Crippen LogP contribution in [0, 0.1) is 11.3 Å². The Hall–Kier alpha value is -2.11. The van der Waals surface area contributed by atoms with Crippen molar-refractivity contribution >= 4 is 0 Å². The Morgan fingerprint density at radius 1 is 1.06 bits per heavy atom. The lowest BCUT2D eigenvalue weighted by molar-refractivity contribution is 0.169. The largest absolute Gasteiger partial charge is 0.392 e. The molecule has 0 saturated carbocycles. The lowest BCUT2D eigenvalue weighted by Gasteiger charge is -2.16. The predicted octanol–water partition coefficient (Wildman–Crippen LogP) is 2.61. The van der Waals surface area contributed by atoms with E-state index in [-0.39, 0.29) is 12.0 Å². The van der Waals surface area contributed by atoms with Crippen LogP contribution in [-0.4, -0.2) is 11.2 Å². The van der Waals surface area contributed by atoms with Gasteiger partial charge in [0.2, 0.25) is 0 Å². The number of nitrogens with zero attached hydrogens (tertiary/aromatic N) is 1. The van der Waals surface area contributed by atoms with Gasteiger partial charge in [-0.05, 0) is 35.2 Å². The van der Waals surface area contributed by atoms with Crippen LogP contribution in [0.2, 0.25) is 0 Å². The first-order valence-corrected chi connectivity index (χ1v) is 6.05. The van der Waals surface area contributed by atoms with Crippen molar-refractivity contribution in [2.75, 3.05) is 0 Å². The molecular weight excluding hydrogens is 222 g/mol. The maximum Gasteiger partial charge on any atom is 0.0991 e. The Morgan fingerprint density at radius 3 is 2.50 bits per heavy atom. The molecule has 0 saturated heterocycles. The van der Waals surface area contributed by atoms with Gasteiger partial charge in [-0.3, -0.25) is 0 Å². The van der Waals surface area contributed by atoms with Crippen molar-refractivity contribution in [3.63, 3.8) is 0 Å². The van der Waals surface area contributed by atoms with E-state index in [1.54, 1.807) is 0 Å². The average Bonchev–Trinajstić information content (AvgIpc) is 2.75. The van der Waals surface area contributed by atoms with Gasteiger partial charge in [0.25, 0.3) is 0 Å². The molecule has 2 heteroatoms. The third kappa shape index (κ3) is 1.70. The van der Waals surface area contributed by atoms with Crippen LogP contribution in [0.1, 0.15) is 28.2 Å². The second-order valence-corrected chi connectivity index (χ2v) is 4.68. The minimum atomic E-state index is -0.365. The molecular formula is C16H13NO. The highest BCUT2D eigenvalue weighted by Crippen LogP contribution is 2.38. The van der Waals surface area contributed by atoms with Gasteiger partial charge in [0.1, 0.15) is 0 Å². The lowest BCUT2D eigenvalue weighted by Crippen LogP contribution is -2.14. The van der Waals surface area contributed by atoms with E-state index >= 15 is 0 Å². The molecule has 2 atom stereocenters. The van der Waals surface area contributed by atoms with Crippen LogP contribution < -0.4 is 0 Å². The quantitative estimate of drug-likeness (QED) is 0.825. The SMILES string of the molecule is N#Cc1ccc([C@@H]2c3ccccc3C[C@H]2O)cc1. The van der Waals surface area contributed by atoms with Crippen LogP contribution in [0.15, 0.2) is 48.5 Å². The molecule has 3 rings (SSSR count). The van der Waals surface area contributed by atoms with E-state index in [0.717, 1.165) is 5.56 Å². The maximum atomic E-state index is 10.2. The van der Waals surface area contributed by atoms with Crippen LogP contribution in [0.3, 0.4) is 0 Å². The van der Waals surface area contributed by atoms with Gasteiger partial charge in [-0.15, -0.1) is 0 Å². The van der Waals surface area contributed by atoms with Crippen molar-refractivity contribution in [1.82, 2.24) is 0 Å². The first-order valence-electron chi connectivity index (χ1n) is 6.05. The van der Waals surface area contributed by atoms with Gasteiger partial charge < -0.3 is 5.11 Å². The molecule has 1 aliphatic rings. The molecule has 2 nitrogen and oxygen atoms in total. The maximum absolute atomic E-state index is 10.2. The fourth-order valence-electron chi connectivity index (χ4n) is 2.74. The van der Waals surface area contributed by atoms with E-state index in [9.17, 15) is 5.11 Å². The fraction of sp³-hybridized carbons (Fsp3) is 0.188. The monoisotopic (exact) mass is 235 g/mol. The van der Waals surface area contributed by atoms with E-state index in [1.807, 2.05) is 36.4 Å². The van der Waals surface area contributed by atoms with Crippen molar-refractivity contribution < 1.29 is 5.11 Å². The number of benzene rings is 2. The summed E-state index contributed by atoms with van der Waals surface area (Å²) in [5.74, 6) is 0.0361. The second kappa shape index (κ2) is 4.29. The summed E-state index contributed by atoms with van der Waals surface area (Å²) in [5, 5.41) is 19.0. The zero-order valence-electron chi connectivity index (χ0n) is 9.88. The van der Waals surface area contributed by atoms with Gasteiger partial charge in [-0.1, -0.05) is 36.4 Å². The normalized spacial score (nSPS) is 21.3. The number of fused-ring (bicyclic) bond motifs is 1. The molecule has 0 aromatic heterocycles. The molecule has 0 heterocycles. The van der Waals surface area contributed by atoms with Gasteiger partial charge in [-0.25, -0.2) is 0 Å². The Bertz CT molecular complexity index is 610. The van der Waals surface area contributed by atoms with E-state index < -0.39 is 0 Å². The number of aliphatic hydroxyl groups excluding tert-OH is 1. The van der Waals surface area contributed by atoms with Crippen LogP contribution in [0.5, 0.6) is 0 Å². The number of hydrogen-bond donors (Lipinski definition) is 1. The highest BCUT2D eigenvalue weighted by atomic mass is 16.3. The van der Waals surface area contributed by atoms with Crippen LogP contribution in [-0.2, 0) is 6.42 Å². The average molecular weight is 235 g/mol. The smallest absolute Gasteiger partial charge is 0.0991 e. The number of rotatable bonds is 1. The van der Waals surface area contributed by atoms with Crippen molar-refractivity contribution in [3.8, 4) is 6.07 Å². The van der Waals surface area contributed by atoms with E-state index in [1.165, 1.54) is 11.1 Å². The summed E-state index contributed by atoms with van der Waals surface area (Å²) in [7, 11) is 0. The van der Waals surface area contributed by atoms with E-state index in [2.05, 4.69) is 18.2 Å². The first-order chi connectivity index (χ1) is 8.79.